The van der Waals surface area contributed by atoms with E-state index < -0.39 is 11.7 Å². The number of carbonyl (C=O) groups is 1. The summed E-state index contributed by atoms with van der Waals surface area (Å²) in [5.74, 6) is -0.416. The van der Waals surface area contributed by atoms with Crippen molar-refractivity contribution in [3.8, 4) is 0 Å². The Morgan fingerprint density at radius 2 is 2.10 bits per heavy atom. The molecule has 1 amide bonds. The van der Waals surface area contributed by atoms with Gasteiger partial charge in [-0.15, -0.1) is 5.10 Å². The summed E-state index contributed by atoms with van der Waals surface area (Å²) in [6.07, 6.45) is 4.54. The minimum absolute atomic E-state index is 0.00376. The summed E-state index contributed by atoms with van der Waals surface area (Å²) < 4.78 is 23.0. The molecule has 156 valence electrons. The van der Waals surface area contributed by atoms with Crippen LogP contribution in [0, 0.1) is 5.82 Å². The van der Waals surface area contributed by atoms with Crippen molar-refractivity contribution in [3.05, 3.63) is 82.1 Å². The van der Waals surface area contributed by atoms with Gasteiger partial charge in [0.05, 0.1) is 29.8 Å². The fraction of sp³-hybridized carbons (Fsp3) is 0.100. The number of hydrogen-bond acceptors (Lipinski definition) is 5. The van der Waals surface area contributed by atoms with Gasteiger partial charge < -0.3 is 14.1 Å². The smallest absolute Gasteiger partial charge is 0.273 e. The molecule has 1 N–H and O–H groups in total. The maximum absolute atomic E-state index is 14.3. The van der Waals surface area contributed by atoms with Gasteiger partial charge >= 0.3 is 0 Å². The second-order valence-corrected chi connectivity index (χ2v) is 7.65. The van der Waals surface area contributed by atoms with Crippen molar-refractivity contribution in [2.45, 2.75) is 13.1 Å². The van der Waals surface area contributed by atoms with Crippen LogP contribution in [0.25, 0.3) is 16.5 Å². The summed E-state index contributed by atoms with van der Waals surface area (Å²) >= 11 is 11.8. The molecule has 0 saturated carbocycles. The molecule has 0 aliphatic carbocycles. The van der Waals surface area contributed by atoms with Crippen molar-refractivity contribution in [1.82, 2.24) is 29.7 Å². The standard InChI is InChI=1S/C20H13Cl2FN6O2/c21-12-2-1-11-5-13(31-17(11)6-12)8-29-9-16(26-27-29)20(30)24-7-15-19-18(23)14(22)3-4-28(19)10-25-15/h1-6,9-10H,7-8H2,(H,24,30). The molecule has 4 aromatic heterocycles. The molecule has 0 saturated heterocycles. The highest BCUT2D eigenvalue weighted by atomic mass is 35.5. The van der Waals surface area contributed by atoms with Gasteiger partial charge in [-0.2, -0.15) is 0 Å². The Balaban J connectivity index is 1.28. The fourth-order valence-corrected chi connectivity index (χ4v) is 3.55. The van der Waals surface area contributed by atoms with Gasteiger partial charge in [-0.3, -0.25) is 4.79 Å². The number of amides is 1. The fourth-order valence-electron chi connectivity index (χ4n) is 3.25. The van der Waals surface area contributed by atoms with Crippen molar-refractivity contribution in [2.75, 3.05) is 0 Å². The molecule has 0 bridgehead atoms. The third kappa shape index (κ3) is 3.73. The van der Waals surface area contributed by atoms with Crippen LogP contribution in [-0.4, -0.2) is 30.3 Å². The van der Waals surface area contributed by atoms with E-state index in [1.807, 2.05) is 12.1 Å². The summed E-state index contributed by atoms with van der Waals surface area (Å²) in [5, 5.41) is 12.0. The number of hydrogen-bond donors (Lipinski definition) is 1. The maximum Gasteiger partial charge on any atom is 0.273 e. The first-order chi connectivity index (χ1) is 15.0. The molecule has 0 atom stereocenters. The zero-order valence-corrected chi connectivity index (χ0v) is 17.2. The summed E-state index contributed by atoms with van der Waals surface area (Å²) in [5.41, 5.74) is 1.34. The zero-order valence-electron chi connectivity index (χ0n) is 15.7. The van der Waals surface area contributed by atoms with Crippen LogP contribution >= 0.6 is 23.2 Å². The van der Waals surface area contributed by atoms with Gasteiger partial charge in [0.2, 0.25) is 0 Å². The van der Waals surface area contributed by atoms with Crippen molar-refractivity contribution >= 4 is 45.6 Å². The Hall–Kier alpha value is -3.43. The number of imidazole rings is 1. The van der Waals surface area contributed by atoms with Gasteiger partial charge in [0.1, 0.15) is 23.4 Å². The molecule has 0 fully saturated rings. The van der Waals surface area contributed by atoms with Gasteiger partial charge in [-0.25, -0.2) is 14.1 Å². The lowest BCUT2D eigenvalue weighted by atomic mass is 10.2. The lowest BCUT2D eigenvalue weighted by molar-refractivity contribution is 0.0945. The van der Waals surface area contributed by atoms with Crippen molar-refractivity contribution in [1.29, 1.82) is 0 Å². The molecule has 0 aliphatic heterocycles. The predicted octanol–water partition coefficient (Wildman–Crippen LogP) is 4.10. The summed E-state index contributed by atoms with van der Waals surface area (Å²) in [4.78, 5) is 16.6. The number of fused-ring (bicyclic) bond motifs is 2. The van der Waals surface area contributed by atoms with Crippen LogP contribution in [0.2, 0.25) is 10.0 Å². The topological polar surface area (TPSA) is 90.2 Å². The molecule has 31 heavy (non-hydrogen) atoms. The predicted molar refractivity (Wildman–Crippen MR) is 112 cm³/mol. The normalized spacial score (nSPS) is 11.5. The van der Waals surface area contributed by atoms with Crippen molar-refractivity contribution in [3.63, 3.8) is 0 Å². The highest BCUT2D eigenvalue weighted by molar-refractivity contribution is 6.31. The Labute approximate surface area is 184 Å². The summed E-state index contributed by atoms with van der Waals surface area (Å²) in [6.45, 7) is 0.297. The van der Waals surface area contributed by atoms with Crippen LogP contribution in [0.15, 0.2) is 53.5 Å². The van der Waals surface area contributed by atoms with E-state index in [-0.39, 0.29) is 22.8 Å². The lowest BCUT2D eigenvalue weighted by Gasteiger charge is -2.03. The van der Waals surface area contributed by atoms with Crippen molar-refractivity contribution in [2.24, 2.45) is 0 Å². The minimum Gasteiger partial charge on any atom is -0.459 e. The number of furan rings is 1. The molecule has 0 unspecified atom stereocenters. The minimum atomic E-state index is -0.594. The molecule has 0 radical (unpaired) electrons. The van der Waals surface area contributed by atoms with Crippen LogP contribution in [0.1, 0.15) is 21.9 Å². The van der Waals surface area contributed by atoms with Gasteiger partial charge in [0, 0.05) is 22.7 Å². The Kier molecular flexibility index (Phi) is 4.84. The van der Waals surface area contributed by atoms with Crippen LogP contribution in [0.4, 0.5) is 4.39 Å². The van der Waals surface area contributed by atoms with Crippen LogP contribution in [0.3, 0.4) is 0 Å². The van der Waals surface area contributed by atoms with Gasteiger partial charge in [-0.05, 0) is 24.3 Å². The van der Waals surface area contributed by atoms with Gasteiger partial charge in [0.15, 0.2) is 11.5 Å². The monoisotopic (exact) mass is 458 g/mol. The summed E-state index contributed by atoms with van der Waals surface area (Å²) in [6, 6.07) is 8.68. The quantitative estimate of drug-likeness (QED) is 0.428. The molecular formula is C20H13Cl2FN6O2. The first kappa shape index (κ1) is 19.5. The second kappa shape index (κ2) is 7.68. The number of nitrogens with one attached hydrogen (secondary N) is 1. The number of nitrogens with zero attached hydrogens (tertiary/aromatic N) is 5. The molecule has 0 aliphatic rings. The number of benzene rings is 1. The van der Waals surface area contributed by atoms with Crippen LogP contribution in [-0.2, 0) is 13.1 Å². The summed E-state index contributed by atoms with van der Waals surface area (Å²) in [7, 11) is 0. The number of rotatable bonds is 5. The Bertz CT molecular complexity index is 1440. The molecule has 11 heteroatoms. The van der Waals surface area contributed by atoms with Crippen LogP contribution < -0.4 is 5.32 Å². The van der Waals surface area contributed by atoms with E-state index in [2.05, 4.69) is 20.6 Å². The first-order valence-corrected chi connectivity index (χ1v) is 9.89. The molecule has 8 nitrogen and oxygen atoms in total. The largest absolute Gasteiger partial charge is 0.459 e. The Morgan fingerprint density at radius 1 is 1.23 bits per heavy atom. The van der Waals surface area contributed by atoms with E-state index in [0.29, 0.717) is 28.6 Å². The van der Waals surface area contributed by atoms with E-state index >= 15 is 0 Å². The molecule has 5 rings (SSSR count). The Morgan fingerprint density at radius 3 is 2.97 bits per heavy atom. The number of aromatic nitrogens is 5. The van der Waals surface area contributed by atoms with Gasteiger partial charge in [-0.1, -0.05) is 28.4 Å². The maximum atomic E-state index is 14.3. The van der Waals surface area contributed by atoms with Gasteiger partial charge in [0.25, 0.3) is 5.91 Å². The molecule has 1 aromatic carbocycles. The highest BCUT2D eigenvalue weighted by Crippen LogP contribution is 2.24. The third-order valence-corrected chi connectivity index (χ3v) is 5.23. The van der Waals surface area contributed by atoms with E-state index in [9.17, 15) is 9.18 Å². The highest BCUT2D eigenvalue weighted by Gasteiger charge is 2.16. The average molecular weight is 459 g/mol. The lowest BCUT2D eigenvalue weighted by Crippen LogP contribution is -2.23. The van der Waals surface area contributed by atoms with Crippen molar-refractivity contribution < 1.29 is 13.6 Å². The van der Waals surface area contributed by atoms with E-state index in [1.165, 1.54) is 27.7 Å². The number of pyridine rings is 1. The molecule has 0 spiro atoms. The average Bonchev–Trinajstić information content (AvgIpc) is 3.47. The van der Waals surface area contributed by atoms with E-state index in [0.717, 1.165) is 5.39 Å². The molecular weight excluding hydrogens is 446 g/mol. The second-order valence-electron chi connectivity index (χ2n) is 6.80. The van der Waals surface area contributed by atoms with Crippen LogP contribution in [0.5, 0.6) is 0 Å². The number of halogens is 3. The molecule has 5 aromatic rings. The number of carbonyl (C=O) groups excluding carboxylic acids is 1. The first-order valence-electron chi connectivity index (χ1n) is 9.14. The third-order valence-electron chi connectivity index (χ3n) is 4.71. The van der Waals surface area contributed by atoms with E-state index in [4.69, 9.17) is 27.6 Å². The SMILES string of the molecule is O=C(NCc1ncn2ccc(Cl)c(F)c12)c1cn(Cc2cc3ccc(Cl)cc3o2)nn1. The zero-order chi connectivity index (χ0) is 21.5. The molecule has 4 heterocycles. The van der Waals surface area contributed by atoms with E-state index in [1.54, 1.807) is 18.3 Å².